The quantitative estimate of drug-likeness (QED) is 0.103. The van der Waals surface area contributed by atoms with Crippen LogP contribution in [-0.4, -0.2) is 111 Å². The van der Waals surface area contributed by atoms with Crippen LogP contribution in [0.2, 0.25) is 0 Å². The van der Waals surface area contributed by atoms with E-state index in [1.807, 2.05) is 13.8 Å². The first-order valence-corrected chi connectivity index (χ1v) is 14.6. The molecule has 0 radical (unpaired) electrons. The first kappa shape index (κ1) is 35.9. The van der Waals surface area contributed by atoms with Crippen LogP contribution < -0.4 is 27.0 Å². The summed E-state index contributed by atoms with van der Waals surface area (Å²) in [7, 11) is 0. The lowest BCUT2D eigenvalue weighted by molar-refractivity contribution is -0.205. The number of nitrogens with one attached hydrogen (secondary N) is 4. The molecule has 10 N–H and O–H groups in total. The van der Waals surface area contributed by atoms with Crippen molar-refractivity contribution in [2.45, 2.75) is 87.0 Å². The van der Waals surface area contributed by atoms with Crippen molar-refractivity contribution < 1.29 is 49.1 Å². The van der Waals surface area contributed by atoms with E-state index in [2.05, 4.69) is 21.3 Å². The molecule has 43 heavy (non-hydrogen) atoms. The van der Waals surface area contributed by atoms with E-state index in [0.29, 0.717) is 4.90 Å². The van der Waals surface area contributed by atoms with Crippen molar-refractivity contribution in [1.82, 2.24) is 21.3 Å². The summed E-state index contributed by atoms with van der Waals surface area (Å²) in [4.78, 5) is 61.9. The smallest absolute Gasteiger partial charge is 0.251 e. The largest absolute Gasteiger partial charge is 0.394 e. The second-order valence-electron chi connectivity index (χ2n) is 10.6. The number of nitrogens with two attached hydrogens (primary N) is 1. The number of benzene rings is 1. The molecule has 15 nitrogen and oxygen atoms in total. The number of rotatable bonds is 14. The lowest BCUT2D eigenvalue weighted by Crippen LogP contribution is -2.57. The molecule has 5 amide bonds. The van der Waals surface area contributed by atoms with Crippen molar-refractivity contribution in [1.29, 1.82) is 0 Å². The van der Waals surface area contributed by atoms with Gasteiger partial charge >= 0.3 is 0 Å². The van der Waals surface area contributed by atoms with Crippen molar-refractivity contribution in [2.75, 3.05) is 13.2 Å². The summed E-state index contributed by atoms with van der Waals surface area (Å²) in [6.45, 7) is 5.53. The first-order valence-electron chi connectivity index (χ1n) is 13.7. The number of carbonyl (C=O) groups excluding carboxylic acids is 5. The minimum absolute atomic E-state index is 0.0325. The second-order valence-corrected chi connectivity index (χ2v) is 11.8. The number of aliphatic hydroxyl groups excluding tert-OH is 4. The summed E-state index contributed by atoms with van der Waals surface area (Å²) >= 11 is 1.03. The number of primary amides is 1. The lowest BCUT2D eigenvalue weighted by Gasteiger charge is -2.39. The lowest BCUT2D eigenvalue weighted by atomic mass is 10.0. The minimum atomic E-state index is -1.51. The van der Waals surface area contributed by atoms with E-state index < -0.39 is 90.7 Å². The molecule has 1 aromatic rings. The maximum Gasteiger partial charge on any atom is 0.251 e. The van der Waals surface area contributed by atoms with Gasteiger partial charge in [-0.25, -0.2) is 0 Å². The molecular formula is C27H41N5O10S. The average Bonchev–Trinajstić information content (AvgIpc) is 2.95. The van der Waals surface area contributed by atoms with Gasteiger partial charge in [0.15, 0.2) is 0 Å². The van der Waals surface area contributed by atoms with Crippen LogP contribution >= 0.6 is 11.8 Å². The summed E-state index contributed by atoms with van der Waals surface area (Å²) in [5.41, 5.74) is 4.41. The number of amides is 5. The molecule has 8 atom stereocenters. The van der Waals surface area contributed by atoms with Crippen LogP contribution in [0.15, 0.2) is 29.2 Å². The number of aliphatic hydroxyl groups is 4. The van der Waals surface area contributed by atoms with Crippen LogP contribution in [0.5, 0.6) is 0 Å². The molecule has 0 aliphatic carbocycles. The third-order valence-corrected chi connectivity index (χ3v) is 7.69. The zero-order chi connectivity index (χ0) is 32.4. The molecule has 0 bridgehead atoms. The molecule has 16 heteroatoms. The molecule has 2 rings (SSSR count). The highest BCUT2D eigenvalue weighted by Gasteiger charge is 2.43. The monoisotopic (exact) mass is 627 g/mol. The zero-order valence-electron chi connectivity index (χ0n) is 24.4. The fourth-order valence-corrected chi connectivity index (χ4v) is 5.04. The van der Waals surface area contributed by atoms with E-state index in [-0.39, 0.29) is 17.9 Å². The second kappa shape index (κ2) is 16.5. The summed E-state index contributed by atoms with van der Waals surface area (Å²) < 4.78 is 5.47. The standard InChI is InChI=1S/C27H41N5O10S/c1-12(2)9-17(26(41)30-13(3)23(28)38)32-19(34)10-29-24(39)14(4)31-25(40)15-5-7-16(8-6-15)43-27-22(37)21(36)20(35)18(11-33)42-27/h5-8,12-14,17-18,20-22,27,33,35-37H,9-11H2,1-4H3,(H2,28,38)(H,29,39)(H,30,41)(H,31,40)(H,32,34)/t13?,14-,17-,18?,20-,21?,22?,27?/m0/s1. The summed E-state index contributed by atoms with van der Waals surface area (Å²) in [5, 5.41) is 49.3. The van der Waals surface area contributed by atoms with Gasteiger partial charge in [-0.2, -0.15) is 0 Å². The van der Waals surface area contributed by atoms with Crippen LogP contribution in [0.1, 0.15) is 44.5 Å². The van der Waals surface area contributed by atoms with Gasteiger partial charge in [0, 0.05) is 10.5 Å². The molecule has 1 aromatic carbocycles. The molecule has 240 valence electrons. The fraction of sp³-hybridized carbons (Fsp3) is 0.593. The van der Waals surface area contributed by atoms with Crippen LogP contribution in [0.25, 0.3) is 0 Å². The van der Waals surface area contributed by atoms with Crippen LogP contribution in [-0.2, 0) is 23.9 Å². The Morgan fingerprint density at radius 3 is 2.07 bits per heavy atom. The van der Waals surface area contributed by atoms with Crippen molar-refractivity contribution in [3.05, 3.63) is 29.8 Å². The Kier molecular flexibility index (Phi) is 13.8. The zero-order valence-corrected chi connectivity index (χ0v) is 25.2. The minimum Gasteiger partial charge on any atom is -0.394 e. The molecule has 0 spiro atoms. The van der Waals surface area contributed by atoms with Crippen molar-refractivity contribution >= 4 is 41.3 Å². The van der Waals surface area contributed by atoms with E-state index in [1.165, 1.54) is 26.0 Å². The fourth-order valence-electron chi connectivity index (χ4n) is 3.98. The molecule has 1 aliphatic heterocycles. The molecule has 1 saturated heterocycles. The van der Waals surface area contributed by atoms with Gasteiger partial charge in [0.2, 0.25) is 23.6 Å². The molecule has 1 heterocycles. The van der Waals surface area contributed by atoms with E-state index >= 15 is 0 Å². The topological polar surface area (TPSA) is 250 Å². The molecule has 1 fully saturated rings. The third-order valence-electron chi connectivity index (χ3n) is 6.53. The van der Waals surface area contributed by atoms with Crippen LogP contribution in [0.3, 0.4) is 0 Å². The Bertz CT molecular complexity index is 1140. The van der Waals surface area contributed by atoms with Gasteiger partial charge in [-0.15, -0.1) is 0 Å². The highest BCUT2D eigenvalue weighted by Crippen LogP contribution is 2.33. The van der Waals surface area contributed by atoms with Crippen LogP contribution in [0, 0.1) is 5.92 Å². The third kappa shape index (κ3) is 10.7. The Morgan fingerprint density at radius 2 is 1.51 bits per heavy atom. The van der Waals surface area contributed by atoms with Gasteiger partial charge in [-0.3, -0.25) is 24.0 Å². The highest BCUT2D eigenvalue weighted by atomic mass is 32.2. The highest BCUT2D eigenvalue weighted by molar-refractivity contribution is 7.99. The maximum absolute atomic E-state index is 12.7. The Hall–Kier alpha value is -3.28. The van der Waals surface area contributed by atoms with E-state index in [0.717, 1.165) is 11.8 Å². The van der Waals surface area contributed by atoms with E-state index in [4.69, 9.17) is 10.5 Å². The van der Waals surface area contributed by atoms with Gasteiger partial charge in [-0.05, 0) is 50.5 Å². The van der Waals surface area contributed by atoms with E-state index in [1.54, 1.807) is 12.1 Å². The predicted octanol–water partition coefficient (Wildman–Crippen LogP) is -2.67. The van der Waals surface area contributed by atoms with Crippen molar-refractivity contribution in [3.8, 4) is 0 Å². The van der Waals surface area contributed by atoms with Gasteiger partial charge in [0.25, 0.3) is 5.91 Å². The van der Waals surface area contributed by atoms with Crippen molar-refractivity contribution in [2.24, 2.45) is 11.7 Å². The number of hydrogen-bond acceptors (Lipinski definition) is 11. The SMILES string of the molecule is CC(C)C[C@H](NC(=O)CNC(=O)[C@H](C)NC(=O)c1ccc(SC2OC(CO)[C@H](O)C(O)C2O)cc1)C(=O)NC(C)C(N)=O. The van der Waals surface area contributed by atoms with Gasteiger partial charge in [0.1, 0.15) is 48.0 Å². The van der Waals surface area contributed by atoms with Crippen LogP contribution in [0.4, 0.5) is 0 Å². The molecule has 5 unspecified atom stereocenters. The average molecular weight is 628 g/mol. The number of hydrogen-bond donors (Lipinski definition) is 9. The first-order chi connectivity index (χ1) is 20.1. The molecule has 0 aromatic heterocycles. The van der Waals surface area contributed by atoms with E-state index in [9.17, 15) is 44.4 Å². The summed E-state index contributed by atoms with van der Waals surface area (Å²) in [6, 6.07) is 3.16. The van der Waals surface area contributed by atoms with Gasteiger partial charge in [0.05, 0.1) is 13.2 Å². The summed E-state index contributed by atoms with van der Waals surface area (Å²) in [6.07, 6.45) is -5.16. The van der Waals surface area contributed by atoms with Gasteiger partial charge < -0.3 is 52.2 Å². The number of ether oxygens (including phenoxy) is 1. The Labute approximate surface area is 253 Å². The number of thioether (sulfide) groups is 1. The summed E-state index contributed by atoms with van der Waals surface area (Å²) in [5.74, 6) is -3.15. The molecule has 0 saturated carbocycles. The Balaban J connectivity index is 1.87. The molecule has 1 aliphatic rings. The van der Waals surface area contributed by atoms with Crippen molar-refractivity contribution in [3.63, 3.8) is 0 Å². The number of carbonyl (C=O) groups is 5. The maximum atomic E-state index is 12.7. The molecular weight excluding hydrogens is 586 g/mol. The Morgan fingerprint density at radius 1 is 0.884 bits per heavy atom. The van der Waals surface area contributed by atoms with Gasteiger partial charge in [-0.1, -0.05) is 25.6 Å². The predicted molar refractivity (Wildman–Crippen MR) is 154 cm³/mol. The normalized spacial score (nSPS) is 23.9.